The van der Waals surface area contributed by atoms with Gasteiger partial charge in [-0.05, 0) is 83.1 Å². The summed E-state index contributed by atoms with van der Waals surface area (Å²) in [6, 6.07) is -0.888. The summed E-state index contributed by atoms with van der Waals surface area (Å²) in [6.07, 6.45) is 63.9. The third-order valence-electron chi connectivity index (χ3n) is 14.0. The minimum atomic E-state index is -4.70. The maximum Gasteiger partial charge on any atom is 0.306 e. The van der Waals surface area contributed by atoms with Gasteiger partial charge in [0.05, 0.1) is 33.8 Å². The molecule has 3 unspecified atom stereocenters. The fourth-order valence-corrected chi connectivity index (χ4v) is 9.88. The molecule has 1 amide bonds. The van der Waals surface area contributed by atoms with Crippen LogP contribution in [-0.4, -0.2) is 69.4 Å². The summed E-state index contributed by atoms with van der Waals surface area (Å²) >= 11 is 0. The Kier molecular flexibility index (Phi) is 52.3. The first-order chi connectivity index (χ1) is 35.4. The highest BCUT2D eigenvalue weighted by molar-refractivity contribution is 7.45. The quantitative estimate of drug-likeness (QED) is 0.0212. The lowest BCUT2D eigenvalue weighted by atomic mass is 10.0. The normalized spacial score (nSPS) is 13.9. The zero-order chi connectivity index (χ0) is 53.6. The number of likely N-dealkylation sites (N-methyl/N-ethyl adjacent to an activating group) is 1. The van der Waals surface area contributed by atoms with E-state index in [9.17, 15) is 19.0 Å². The van der Waals surface area contributed by atoms with Gasteiger partial charge in [-0.15, -0.1) is 0 Å². The number of hydrogen-bond donors (Lipinski definition) is 1. The molecule has 0 saturated carbocycles. The number of hydrogen-bond acceptors (Lipinski definition) is 7. The minimum absolute atomic E-state index is 0.0217. The molecule has 0 saturated heterocycles. The van der Waals surface area contributed by atoms with Crippen molar-refractivity contribution < 1.29 is 37.3 Å². The number of esters is 1. The van der Waals surface area contributed by atoms with E-state index in [0.29, 0.717) is 17.4 Å². The Hall–Kier alpha value is -1.77. The molecule has 0 rings (SSSR count). The highest BCUT2D eigenvalue weighted by Gasteiger charge is 2.27. The number of allylic oxidation sites excluding steroid dienone is 5. The van der Waals surface area contributed by atoms with Gasteiger partial charge in [0.15, 0.2) is 0 Å². The number of nitrogens with zero attached hydrogens (tertiary/aromatic N) is 1. The number of carbonyl (C=O) groups is 2. The molecule has 3 atom stereocenters. The van der Waals surface area contributed by atoms with Crippen LogP contribution in [-0.2, 0) is 27.9 Å². The van der Waals surface area contributed by atoms with Gasteiger partial charge in [0.2, 0.25) is 5.91 Å². The van der Waals surface area contributed by atoms with E-state index in [1.165, 1.54) is 199 Å². The summed E-state index contributed by atoms with van der Waals surface area (Å²) in [5.41, 5.74) is 0. The maximum atomic E-state index is 13.5. The van der Waals surface area contributed by atoms with Crippen molar-refractivity contribution in [3.8, 4) is 0 Å². The zero-order valence-electron chi connectivity index (χ0n) is 49.1. The summed E-state index contributed by atoms with van der Waals surface area (Å²) in [5, 5.41) is 3.03. The lowest BCUT2D eigenvalue weighted by molar-refractivity contribution is -0.870. The van der Waals surface area contributed by atoms with Crippen molar-refractivity contribution in [3.63, 3.8) is 0 Å². The van der Waals surface area contributed by atoms with Crippen LogP contribution in [0.1, 0.15) is 303 Å². The minimum Gasteiger partial charge on any atom is -0.756 e. The Morgan fingerprint density at radius 3 is 1.18 bits per heavy atom. The number of phosphoric acid groups is 1. The molecule has 0 aromatic heterocycles. The van der Waals surface area contributed by atoms with Crippen LogP contribution in [0.3, 0.4) is 0 Å². The molecule has 0 spiro atoms. The average Bonchev–Trinajstić information content (AvgIpc) is 3.35. The fraction of sp³-hybridized carbons (Fsp3) is 0.873. The second-order valence-corrected chi connectivity index (χ2v) is 24.0. The Morgan fingerprint density at radius 1 is 0.466 bits per heavy atom. The predicted molar refractivity (Wildman–Crippen MR) is 312 cm³/mol. The van der Waals surface area contributed by atoms with Crippen molar-refractivity contribution in [2.45, 2.75) is 315 Å². The second-order valence-electron chi connectivity index (χ2n) is 22.6. The SMILES string of the molecule is CCCCCC/C=C\CCCCCCCCCC(=O)NC(COP(=O)([O-])OCC[N+](C)(C)C)C(/C=C/CCCCCCCCCCCCC)OC(=O)CCCCCCCCCCC/C=C/CCCCCCCC. The van der Waals surface area contributed by atoms with Crippen LogP contribution in [0.4, 0.5) is 0 Å². The first-order valence-electron chi connectivity index (χ1n) is 31.3. The highest BCUT2D eigenvalue weighted by Crippen LogP contribution is 2.38. The van der Waals surface area contributed by atoms with E-state index in [4.69, 9.17) is 13.8 Å². The monoisotopic (exact) mass is 1050 g/mol. The molecule has 0 bridgehead atoms. The van der Waals surface area contributed by atoms with Crippen LogP contribution in [0.15, 0.2) is 36.5 Å². The molecule has 0 aliphatic carbocycles. The van der Waals surface area contributed by atoms with Gasteiger partial charge >= 0.3 is 5.97 Å². The third-order valence-corrected chi connectivity index (χ3v) is 15.0. The Bertz CT molecular complexity index is 1350. The molecule has 0 aromatic rings. The van der Waals surface area contributed by atoms with Crippen LogP contribution in [0, 0.1) is 0 Å². The van der Waals surface area contributed by atoms with Crippen molar-refractivity contribution >= 4 is 19.7 Å². The van der Waals surface area contributed by atoms with Crippen LogP contribution in [0.25, 0.3) is 0 Å². The van der Waals surface area contributed by atoms with Gasteiger partial charge in [0.1, 0.15) is 19.3 Å². The molecule has 0 aliphatic rings. The van der Waals surface area contributed by atoms with Gasteiger partial charge in [-0.25, -0.2) is 0 Å². The van der Waals surface area contributed by atoms with Crippen molar-refractivity contribution in [1.82, 2.24) is 5.32 Å². The number of carbonyl (C=O) groups excluding carboxylic acids is 2. The van der Waals surface area contributed by atoms with Gasteiger partial charge in [-0.1, -0.05) is 244 Å². The Balaban J connectivity index is 5.27. The van der Waals surface area contributed by atoms with E-state index < -0.39 is 20.0 Å². The molecule has 0 aliphatic heterocycles. The average molecular weight is 1050 g/mol. The van der Waals surface area contributed by atoms with Crippen LogP contribution >= 0.6 is 7.82 Å². The van der Waals surface area contributed by atoms with Crippen LogP contribution < -0.4 is 10.2 Å². The van der Waals surface area contributed by atoms with Crippen molar-refractivity contribution in [1.29, 1.82) is 0 Å². The lowest BCUT2D eigenvalue weighted by Gasteiger charge is -2.30. The van der Waals surface area contributed by atoms with E-state index >= 15 is 0 Å². The first-order valence-corrected chi connectivity index (χ1v) is 32.8. The number of ether oxygens (including phenoxy) is 1. The molecular weight excluding hydrogens is 928 g/mol. The molecule has 1 N–H and O–H groups in total. The summed E-state index contributed by atoms with van der Waals surface area (Å²) in [4.78, 5) is 40.0. The number of phosphoric ester groups is 1. The number of amides is 1. The van der Waals surface area contributed by atoms with Gasteiger partial charge in [-0.2, -0.15) is 0 Å². The molecule has 73 heavy (non-hydrogen) atoms. The van der Waals surface area contributed by atoms with Crippen molar-refractivity contribution in [3.05, 3.63) is 36.5 Å². The van der Waals surface area contributed by atoms with Gasteiger partial charge < -0.3 is 28.5 Å². The second kappa shape index (κ2) is 53.6. The standard InChI is InChI=1S/C63H121N2O7P/c1-7-10-13-16-19-22-25-28-30-31-32-33-35-38-41-44-47-50-53-56-63(67)72-61(54-51-48-45-42-39-36-27-24-21-18-15-12-9-3)60(59-71-73(68,69)70-58-57-65(4,5)6)64-62(66)55-52-49-46-43-40-37-34-29-26-23-20-17-14-11-8-2/h23,26,28,30,51,54,60-61H,7-22,24-25,27,29,31-50,52-53,55-59H2,1-6H3,(H-,64,66,68,69)/b26-23-,30-28+,54-51+. The van der Waals surface area contributed by atoms with Gasteiger partial charge in [0, 0.05) is 12.8 Å². The molecular formula is C63H121N2O7P. The van der Waals surface area contributed by atoms with Crippen LogP contribution in [0.5, 0.6) is 0 Å². The highest BCUT2D eigenvalue weighted by atomic mass is 31.2. The van der Waals surface area contributed by atoms with Crippen molar-refractivity contribution in [2.75, 3.05) is 40.9 Å². The molecule has 0 fully saturated rings. The fourth-order valence-electron chi connectivity index (χ4n) is 9.16. The van der Waals surface area contributed by atoms with E-state index in [-0.39, 0.29) is 31.5 Å². The zero-order valence-corrected chi connectivity index (χ0v) is 50.0. The number of nitrogens with one attached hydrogen (secondary N) is 1. The topological polar surface area (TPSA) is 114 Å². The molecule has 0 heterocycles. The number of rotatable bonds is 57. The smallest absolute Gasteiger partial charge is 0.306 e. The number of quaternary nitrogens is 1. The van der Waals surface area contributed by atoms with E-state index in [1.54, 1.807) is 0 Å². The molecule has 0 aromatic carbocycles. The largest absolute Gasteiger partial charge is 0.756 e. The molecule has 10 heteroatoms. The van der Waals surface area contributed by atoms with Gasteiger partial charge in [-0.3, -0.25) is 14.2 Å². The third kappa shape index (κ3) is 54.8. The number of unbranched alkanes of at least 4 members (excludes halogenated alkanes) is 37. The first kappa shape index (κ1) is 71.2. The predicted octanol–water partition coefficient (Wildman–Crippen LogP) is 18.5. The maximum absolute atomic E-state index is 13.5. The van der Waals surface area contributed by atoms with E-state index in [0.717, 1.165) is 70.6 Å². The van der Waals surface area contributed by atoms with Gasteiger partial charge in [0.25, 0.3) is 7.82 Å². The van der Waals surface area contributed by atoms with Crippen molar-refractivity contribution in [2.24, 2.45) is 0 Å². The Labute approximate surface area is 453 Å². The molecule has 0 radical (unpaired) electrons. The van der Waals surface area contributed by atoms with Crippen LogP contribution in [0.2, 0.25) is 0 Å². The van der Waals surface area contributed by atoms with E-state index in [2.05, 4.69) is 50.4 Å². The molecule has 430 valence electrons. The summed E-state index contributed by atoms with van der Waals surface area (Å²) in [6.45, 7) is 6.85. The summed E-state index contributed by atoms with van der Waals surface area (Å²) in [7, 11) is 1.19. The summed E-state index contributed by atoms with van der Waals surface area (Å²) < 4.78 is 30.3. The molecule has 9 nitrogen and oxygen atoms in total. The van der Waals surface area contributed by atoms with E-state index in [1.807, 2.05) is 33.3 Å². The Morgan fingerprint density at radius 2 is 0.795 bits per heavy atom. The summed E-state index contributed by atoms with van der Waals surface area (Å²) in [5.74, 6) is -0.537. The lowest BCUT2D eigenvalue weighted by Crippen LogP contribution is -2.47.